The maximum atomic E-state index is 12.2. The summed E-state index contributed by atoms with van der Waals surface area (Å²) in [6, 6.07) is 0. The van der Waals surface area contributed by atoms with Crippen molar-refractivity contribution in [2.75, 3.05) is 0 Å². The van der Waals surface area contributed by atoms with E-state index in [4.69, 9.17) is 4.74 Å². The first-order chi connectivity index (χ1) is 7.25. The minimum absolute atomic E-state index is 0.148. The van der Waals surface area contributed by atoms with Gasteiger partial charge in [0, 0.05) is 6.42 Å². The third kappa shape index (κ3) is 0.957. The van der Waals surface area contributed by atoms with Crippen molar-refractivity contribution >= 4 is 5.78 Å². The highest BCUT2D eigenvalue weighted by atomic mass is 16.6. The Balaban J connectivity index is 2.08. The van der Waals surface area contributed by atoms with Gasteiger partial charge in [0.05, 0.1) is 11.5 Å². The van der Waals surface area contributed by atoms with Gasteiger partial charge in [0.25, 0.3) is 0 Å². The topological polar surface area (TPSA) is 29.6 Å². The van der Waals surface area contributed by atoms with Crippen LogP contribution in [0.2, 0.25) is 0 Å². The first-order valence-corrected chi connectivity index (χ1v) is 5.75. The molecule has 1 aliphatic heterocycles. The number of allylic oxidation sites excluding steroid dienone is 1. The van der Waals surface area contributed by atoms with Gasteiger partial charge in [-0.2, -0.15) is 0 Å². The van der Waals surface area contributed by atoms with Crippen LogP contribution in [0.5, 0.6) is 0 Å². The minimum Gasteiger partial charge on any atom is -0.364 e. The van der Waals surface area contributed by atoms with Gasteiger partial charge in [-0.25, -0.2) is 0 Å². The summed E-state index contributed by atoms with van der Waals surface area (Å²) in [5.74, 6) is 0.354. The second-order valence-electron chi connectivity index (χ2n) is 4.87. The van der Waals surface area contributed by atoms with E-state index in [1.807, 2.05) is 6.08 Å². The monoisotopic (exact) mass is 204 g/mol. The number of carbonyl (C=O) groups is 1. The summed E-state index contributed by atoms with van der Waals surface area (Å²) in [6.07, 6.45) is 10.8. The van der Waals surface area contributed by atoms with Gasteiger partial charge in [-0.3, -0.25) is 4.79 Å². The lowest BCUT2D eigenvalue weighted by atomic mass is 9.59. The molecule has 2 fully saturated rings. The predicted molar refractivity (Wildman–Crippen MR) is 57.5 cm³/mol. The largest absolute Gasteiger partial charge is 0.364 e. The van der Waals surface area contributed by atoms with Gasteiger partial charge in [-0.15, -0.1) is 6.58 Å². The third-order valence-corrected chi connectivity index (χ3v) is 4.24. The van der Waals surface area contributed by atoms with Crippen LogP contribution in [0.1, 0.15) is 32.1 Å². The molecule has 2 nitrogen and oxygen atoms in total. The molecule has 0 radical (unpaired) electrons. The standard InChI is InChI=1S/C13H16O2/c1-2-7-12-8-4-6-11-13(12,15-11)9-3-5-10(12)14/h2,4,8,11H,1,3,5-7,9H2/t11-,12-,13-/m1/s1. The molecule has 0 aromatic rings. The van der Waals surface area contributed by atoms with E-state index in [0.29, 0.717) is 18.3 Å². The third-order valence-electron chi connectivity index (χ3n) is 4.24. The predicted octanol–water partition coefficient (Wildman–Crippen LogP) is 2.40. The number of hydrogen-bond donors (Lipinski definition) is 0. The molecule has 0 bridgehead atoms. The number of rotatable bonds is 2. The van der Waals surface area contributed by atoms with Crippen LogP contribution >= 0.6 is 0 Å². The highest BCUT2D eigenvalue weighted by Gasteiger charge is 2.71. The number of epoxide rings is 1. The molecule has 80 valence electrons. The quantitative estimate of drug-likeness (QED) is 0.510. The summed E-state index contributed by atoms with van der Waals surface area (Å²) >= 11 is 0. The van der Waals surface area contributed by atoms with Gasteiger partial charge >= 0.3 is 0 Å². The van der Waals surface area contributed by atoms with Crippen LogP contribution in [0.25, 0.3) is 0 Å². The van der Waals surface area contributed by atoms with E-state index in [0.717, 1.165) is 25.7 Å². The van der Waals surface area contributed by atoms with E-state index in [1.165, 1.54) is 0 Å². The van der Waals surface area contributed by atoms with Gasteiger partial charge in [0.15, 0.2) is 0 Å². The zero-order valence-electron chi connectivity index (χ0n) is 8.87. The van der Waals surface area contributed by atoms with Gasteiger partial charge < -0.3 is 4.74 Å². The molecule has 3 rings (SSSR count). The number of hydrogen-bond acceptors (Lipinski definition) is 2. The van der Waals surface area contributed by atoms with Crippen LogP contribution in [0, 0.1) is 5.41 Å². The van der Waals surface area contributed by atoms with Gasteiger partial charge in [-0.05, 0) is 25.7 Å². The molecule has 1 heterocycles. The molecule has 0 N–H and O–H groups in total. The van der Waals surface area contributed by atoms with E-state index in [-0.39, 0.29) is 11.0 Å². The number of carbonyl (C=O) groups excluding carboxylic acids is 1. The molecule has 1 saturated carbocycles. The summed E-state index contributed by atoms with van der Waals surface area (Å²) in [7, 11) is 0. The fourth-order valence-electron chi connectivity index (χ4n) is 3.47. The summed E-state index contributed by atoms with van der Waals surface area (Å²) in [5.41, 5.74) is -0.513. The maximum absolute atomic E-state index is 12.2. The Hall–Kier alpha value is -0.890. The molecule has 0 aromatic heterocycles. The molecule has 15 heavy (non-hydrogen) atoms. The zero-order valence-corrected chi connectivity index (χ0v) is 8.87. The lowest BCUT2D eigenvalue weighted by Gasteiger charge is -2.40. The first-order valence-electron chi connectivity index (χ1n) is 5.75. The number of Topliss-reactive ketones (excluding diaryl/α,β-unsaturated/α-hetero) is 1. The van der Waals surface area contributed by atoms with Crippen molar-refractivity contribution in [2.24, 2.45) is 5.41 Å². The second kappa shape index (κ2) is 2.82. The Morgan fingerprint density at radius 3 is 3.33 bits per heavy atom. The van der Waals surface area contributed by atoms with E-state index >= 15 is 0 Å². The molecule has 0 aromatic carbocycles. The lowest BCUT2D eigenvalue weighted by molar-refractivity contribution is -0.132. The van der Waals surface area contributed by atoms with E-state index < -0.39 is 0 Å². The summed E-state index contributed by atoms with van der Waals surface area (Å²) < 4.78 is 5.86. The van der Waals surface area contributed by atoms with Gasteiger partial charge in [-0.1, -0.05) is 18.2 Å². The average molecular weight is 204 g/mol. The van der Waals surface area contributed by atoms with Gasteiger partial charge in [0.2, 0.25) is 0 Å². The lowest BCUT2D eigenvalue weighted by Crippen LogP contribution is -2.49. The fourth-order valence-corrected chi connectivity index (χ4v) is 3.47. The Kier molecular flexibility index (Phi) is 1.76. The molecular weight excluding hydrogens is 188 g/mol. The van der Waals surface area contributed by atoms with E-state index in [9.17, 15) is 4.79 Å². The van der Waals surface area contributed by atoms with Crippen LogP contribution in [0.3, 0.4) is 0 Å². The normalized spacial score (nSPS) is 46.9. The minimum atomic E-state index is -0.365. The zero-order chi connectivity index (χ0) is 10.5. The van der Waals surface area contributed by atoms with Crippen molar-refractivity contribution in [3.63, 3.8) is 0 Å². The molecule has 1 spiro atoms. The molecule has 0 unspecified atom stereocenters. The summed E-state index contributed by atoms with van der Waals surface area (Å²) in [4.78, 5) is 12.2. The molecule has 3 aliphatic rings. The highest BCUT2D eigenvalue weighted by Crippen LogP contribution is 2.62. The van der Waals surface area contributed by atoms with E-state index in [2.05, 4.69) is 18.7 Å². The average Bonchev–Trinajstić information content (AvgIpc) is 2.92. The molecule has 2 heteroatoms. The fraction of sp³-hybridized carbons (Fsp3) is 0.615. The number of ketones is 1. The van der Waals surface area contributed by atoms with Crippen molar-refractivity contribution < 1.29 is 9.53 Å². The maximum Gasteiger partial charge on any atom is 0.146 e. The van der Waals surface area contributed by atoms with Crippen molar-refractivity contribution in [3.8, 4) is 0 Å². The van der Waals surface area contributed by atoms with Gasteiger partial charge in [0.1, 0.15) is 11.4 Å². The SMILES string of the molecule is C=CC[C@]12C=CC[C@H]3O[C@]31CCCC2=O. The molecule has 1 saturated heterocycles. The Labute approximate surface area is 90.0 Å². The number of ether oxygens (including phenoxy) is 1. The van der Waals surface area contributed by atoms with Crippen molar-refractivity contribution in [3.05, 3.63) is 24.8 Å². The van der Waals surface area contributed by atoms with Crippen LogP contribution in [0.15, 0.2) is 24.8 Å². The van der Waals surface area contributed by atoms with Crippen LogP contribution < -0.4 is 0 Å². The second-order valence-corrected chi connectivity index (χ2v) is 4.87. The van der Waals surface area contributed by atoms with Crippen molar-refractivity contribution in [2.45, 2.75) is 43.8 Å². The van der Waals surface area contributed by atoms with E-state index in [1.54, 1.807) is 0 Å². The van der Waals surface area contributed by atoms with Crippen molar-refractivity contribution in [1.82, 2.24) is 0 Å². The van der Waals surface area contributed by atoms with Crippen LogP contribution in [-0.4, -0.2) is 17.5 Å². The summed E-state index contributed by atoms with van der Waals surface area (Å²) in [5, 5.41) is 0. The molecule has 0 amide bonds. The Morgan fingerprint density at radius 1 is 1.67 bits per heavy atom. The molecular formula is C13H16O2. The first kappa shape index (κ1) is 9.34. The molecule has 2 aliphatic carbocycles. The molecule has 3 atom stereocenters. The smallest absolute Gasteiger partial charge is 0.146 e. The Morgan fingerprint density at radius 2 is 2.53 bits per heavy atom. The van der Waals surface area contributed by atoms with Crippen molar-refractivity contribution in [1.29, 1.82) is 0 Å². The highest BCUT2D eigenvalue weighted by molar-refractivity contribution is 5.90. The van der Waals surface area contributed by atoms with Crippen LogP contribution in [0.4, 0.5) is 0 Å². The van der Waals surface area contributed by atoms with Crippen LogP contribution in [-0.2, 0) is 9.53 Å². The summed E-state index contributed by atoms with van der Waals surface area (Å²) in [6.45, 7) is 3.78. The Bertz CT molecular complexity index is 358.